The van der Waals surface area contributed by atoms with E-state index < -0.39 is 12.2 Å². The van der Waals surface area contributed by atoms with Gasteiger partial charge in [0.15, 0.2) is 0 Å². The zero-order valence-electron chi connectivity index (χ0n) is 24.2. The van der Waals surface area contributed by atoms with Gasteiger partial charge in [-0.2, -0.15) is 0 Å². The summed E-state index contributed by atoms with van der Waals surface area (Å²) < 4.78 is 13.2. The van der Waals surface area contributed by atoms with Crippen LogP contribution in [0.15, 0.2) is 72.8 Å². The highest BCUT2D eigenvalue weighted by Gasteiger charge is 2.53. The van der Waals surface area contributed by atoms with Crippen molar-refractivity contribution in [3.8, 4) is 11.5 Å². The summed E-state index contributed by atoms with van der Waals surface area (Å²) in [4.78, 5) is 0. The molecule has 4 aliphatic rings. The van der Waals surface area contributed by atoms with Crippen LogP contribution in [0.25, 0.3) is 21.5 Å². The van der Waals surface area contributed by atoms with Crippen LogP contribution in [0.3, 0.4) is 0 Å². The fraction of sp³-hybridized carbons (Fsp3) is 0.316. The Morgan fingerprint density at radius 2 is 0.818 bits per heavy atom. The number of rotatable bonds is 8. The standard InChI is InChI=1S/C38H34O6/c39-15-23(41)17-43-37-33-29-13-30(26-10-20-6-2-1-5-19(20)9-25(26)29)34(33)38(44-18-24(42)16-40)36-32-14-31(35(36)37)27-11-21-7-3-4-8-22(21)12-28(27)32/h1-12,23-24,29-32,39-42H,13-18H2/t23?,24?,29-,30+,31+,32-. The highest BCUT2D eigenvalue weighted by atomic mass is 16.5. The fourth-order valence-electron chi connectivity index (χ4n) is 8.77. The van der Waals surface area contributed by atoms with E-state index in [1.165, 1.54) is 43.8 Å². The van der Waals surface area contributed by atoms with E-state index in [9.17, 15) is 20.4 Å². The Hall–Kier alpha value is -3.94. The summed E-state index contributed by atoms with van der Waals surface area (Å²) in [5.41, 5.74) is 9.70. The van der Waals surface area contributed by atoms with Crippen molar-refractivity contribution in [2.24, 2.45) is 0 Å². The lowest BCUT2D eigenvalue weighted by molar-refractivity contribution is 0.0515. The van der Waals surface area contributed by atoms with Crippen LogP contribution in [-0.4, -0.2) is 59.1 Å². The highest BCUT2D eigenvalue weighted by Crippen LogP contribution is 2.69. The molecule has 0 aliphatic heterocycles. The summed E-state index contributed by atoms with van der Waals surface area (Å²) in [7, 11) is 0. The van der Waals surface area contributed by atoms with E-state index in [0.29, 0.717) is 0 Å². The molecular formula is C38H34O6. The SMILES string of the molecule is OCC(O)COc1c2c(c(OCC(O)CO)c3c1[C@H]1C[C@@H]3c3cc4ccccc4cc31)[C@H]1C[C@@H]2c2cc3ccccc3cc21. The van der Waals surface area contributed by atoms with Crippen molar-refractivity contribution >= 4 is 21.5 Å². The third-order valence-corrected chi connectivity index (χ3v) is 10.6. The second kappa shape index (κ2) is 9.78. The van der Waals surface area contributed by atoms with Crippen LogP contribution < -0.4 is 9.47 Å². The van der Waals surface area contributed by atoms with Gasteiger partial charge < -0.3 is 29.9 Å². The van der Waals surface area contributed by atoms with E-state index in [1.807, 2.05) is 0 Å². The second-order valence-electron chi connectivity index (χ2n) is 12.9. The third kappa shape index (κ3) is 3.63. The maximum absolute atomic E-state index is 10.4. The van der Waals surface area contributed by atoms with Crippen molar-refractivity contribution in [2.45, 2.75) is 48.7 Å². The summed E-state index contributed by atoms with van der Waals surface area (Å²) in [6, 6.07) is 26.2. The Labute approximate surface area is 255 Å². The lowest BCUT2D eigenvalue weighted by Crippen LogP contribution is -2.25. The fourth-order valence-corrected chi connectivity index (χ4v) is 8.77. The normalized spacial score (nSPS) is 23.0. The average molecular weight is 587 g/mol. The van der Waals surface area contributed by atoms with Crippen molar-refractivity contribution < 1.29 is 29.9 Å². The first kappa shape index (κ1) is 26.5. The van der Waals surface area contributed by atoms with E-state index in [0.717, 1.165) is 46.6 Å². The summed E-state index contributed by atoms with van der Waals surface area (Å²) >= 11 is 0. The van der Waals surface area contributed by atoms with Gasteiger partial charge >= 0.3 is 0 Å². The van der Waals surface area contributed by atoms with Crippen molar-refractivity contribution in [1.29, 1.82) is 0 Å². The van der Waals surface area contributed by atoms with Crippen LogP contribution in [-0.2, 0) is 0 Å². The van der Waals surface area contributed by atoms with Crippen molar-refractivity contribution in [1.82, 2.24) is 0 Å². The molecule has 9 rings (SSSR count). The molecule has 0 spiro atoms. The van der Waals surface area contributed by atoms with Crippen molar-refractivity contribution in [3.63, 3.8) is 0 Å². The zero-order chi connectivity index (χ0) is 29.7. The quantitative estimate of drug-likeness (QED) is 0.194. The number of aliphatic hydroxyl groups excluding tert-OH is 4. The van der Waals surface area contributed by atoms with Gasteiger partial charge in [0.05, 0.1) is 13.2 Å². The van der Waals surface area contributed by atoms with Gasteiger partial charge in [-0.25, -0.2) is 0 Å². The van der Waals surface area contributed by atoms with Gasteiger partial charge in [-0.15, -0.1) is 0 Å². The first-order valence-electron chi connectivity index (χ1n) is 15.7. The van der Waals surface area contributed by atoms with Gasteiger partial charge in [0, 0.05) is 45.9 Å². The summed E-state index contributed by atoms with van der Waals surface area (Å²) in [6.07, 6.45) is -0.148. The predicted octanol–water partition coefficient (Wildman–Crippen LogP) is 5.42. The van der Waals surface area contributed by atoms with Gasteiger partial charge in [0.1, 0.15) is 36.9 Å². The van der Waals surface area contributed by atoms with Crippen LogP contribution in [0.5, 0.6) is 11.5 Å². The average Bonchev–Trinajstić information content (AvgIpc) is 3.82. The monoisotopic (exact) mass is 586 g/mol. The molecule has 4 bridgehead atoms. The molecular weight excluding hydrogens is 552 g/mol. The predicted molar refractivity (Wildman–Crippen MR) is 168 cm³/mol. The lowest BCUT2D eigenvalue weighted by Gasteiger charge is -2.32. The molecule has 5 aromatic carbocycles. The molecule has 222 valence electrons. The number of ether oxygens (including phenoxy) is 2. The van der Waals surface area contributed by atoms with Gasteiger partial charge in [-0.3, -0.25) is 0 Å². The van der Waals surface area contributed by atoms with E-state index in [-0.39, 0.29) is 50.1 Å². The molecule has 2 unspecified atom stereocenters. The molecule has 44 heavy (non-hydrogen) atoms. The highest BCUT2D eigenvalue weighted by molar-refractivity contribution is 5.89. The minimum Gasteiger partial charge on any atom is -0.490 e. The minimum atomic E-state index is -0.985. The van der Waals surface area contributed by atoms with E-state index >= 15 is 0 Å². The van der Waals surface area contributed by atoms with E-state index in [2.05, 4.69) is 72.8 Å². The van der Waals surface area contributed by atoms with Crippen LogP contribution in [0.1, 0.15) is 81.0 Å². The molecule has 0 radical (unpaired) electrons. The number of hydrogen-bond donors (Lipinski definition) is 4. The summed E-state index contributed by atoms with van der Waals surface area (Å²) in [6.45, 7) is -0.732. The number of hydrogen-bond acceptors (Lipinski definition) is 6. The first-order valence-corrected chi connectivity index (χ1v) is 15.7. The van der Waals surface area contributed by atoms with Gasteiger partial charge in [0.2, 0.25) is 0 Å². The zero-order valence-corrected chi connectivity index (χ0v) is 24.2. The molecule has 0 amide bonds. The number of aliphatic hydroxyl groups is 4. The number of fused-ring (bicyclic) bond motifs is 18. The Balaban J connectivity index is 1.29. The Bertz CT molecular complexity index is 1720. The summed E-state index contributed by atoms with van der Waals surface area (Å²) in [5.74, 6) is 2.11. The van der Waals surface area contributed by atoms with Crippen molar-refractivity contribution in [2.75, 3.05) is 26.4 Å². The molecule has 6 nitrogen and oxygen atoms in total. The molecule has 0 saturated carbocycles. The Morgan fingerprint density at radius 3 is 1.09 bits per heavy atom. The largest absolute Gasteiger partial charge is 0.490 e. The summed E-state index contributed by atoms with van der Waals surface area (Å²) in [5, 5.41) is 45.0. The van der Waals surface area contributed by atoms with Gasteiger partial charge in [-0.1, -0.05) is 72.8 Å². The first-order chi connectivity index (χ1) is 21.6. The third-order valence-electron chi connectivity index (χ3n) is 10.6. The van der Waals surface area contributed by atoms with Gasteiger partial charge in [-0.05, 0) is 56.6 Å². The molecule has 6 heteroatoms. The van der Waals surface area contributed by atoms with E-state index in [1.54, 1.807) is 0 Å². The maximum atomic E-state index is 10.4. The molecule has 6 atom stereocenters. The van der Waals surface area contributed by atoms with Crippen LogP contribution in [0, 0.1) is 0 Å². The molecule has 4 aliphatic carbocycles. The Morgan fingerprint density at radius 1 is 0.523 bits per heavy atom. The van der Waals surface area contributed by atoms with Gasteiger partial charge in [0.25, 0.3) is 0 Å². The second-order valence-corrected chi connectivity index (χ2v) is 12.9. The maximum Gasteiger partial charge on any atom is 0.127 e. The van der Waals surface area contributed by atoms with E-state index in [4.69, 9.17) is 9.47 Å². The van der Waals surface area contributed by atoms with Crippen LogP contribution in [0.4, 0.5) is 0 Å². The van der Waals surface area contributed by atoms with Crippen LogP contribution in [0.2, 0.25) is 0 Å². The molecule has 0 aromatic heterocycles. The molecule has 0 heterocycles. The van der Waals surface area contributed by atoms with Crippen LogP contribution >= 0.6 is 0 Å². The Kier molecular flexibility index (Phi) is 5.88. The smallest absolute Gasteiger partial charge is 0.127 e. The van der Waals surface area contributed by atoms with Crippen molar-refractivity contribution in [3.05, 3.63) is 117 Å². The number of benzene rings is 5. The topological polar surface area (TPSA) is 99.4 Å². The molecule has 4 N–H and O–H groups in total. The molecule has 5 aromatic rings. The lowest BCUT2D eigenvalue weighted by atomic mass is 9.76. The minimum absolute atomic E-state index is 0.00272. The molecule has 0 saturated heterocycles. The molecule has 0 fully saturated rings.